The van der Waals surface area contributed by atoms with E-state index in [-0.39, 0.29) is 36.8 Å². The van der Waals surface area contributed by atoms with Crippen LogP contribution in [0, 0.1) is 12.8 Å². The maximum absolute atomic E-state index is 12.5. The number of rotatable bonds is 4. The highest BCUT2D eigenvalue weighted by atomic mass is 35.5. The molecule has 1 fully saturated rings. The molecule has 1 amide bonds. The summed E-state index contributed by atoms with van der Waals surface area (Å²) >= 11 is 3.12. The van der Waals surface area contributed by atoms with Crippen molar-refractivity contribution in [3.05, 3.63) is 28.1 Å². The highest BCUT2D eigenvalue weighted by Gasteiger charge is 2.28. The molecule has 0 aliphatic heterocycles. The topological polar surface area (TPSA) is 68.0 Å². The molecule has 2 heterocycles. The first-order valence-corrected chi connectivity index (χ1v) is 8.91. The van der Waals surface area contributed by atoms with Crippen LogP contribution in [0.25, 0.3) is 9.88 Å². The van der Waals surface area contributed by atoms with Crippen molar-refractivity contribution in [3.63, 3.8) is 0 Å². The molecule has 0 aromatic carbocycles. The van der Waals surface area contributed by atoms with Crippen LogP contribution >= 0.6 is 47.5 Å². The van der Waals surface area contributed by atoms with Crippen molar-refractivity contribution < 1.29 is 4.79 Å². The van der Waals surface area contributed by atoms with Gasteiger partial charge in [-0.3, -0.25) is 4.79 Å². The first-order valence-electron chi connectivity index (χ1n) is 7.21. The Bertz CT molecular complexity index is 631. The molecule has 23 heavy (non-hydrogen) atoms. The Balaban J connectivity index is 0.00000132. The van der Waals surface area contributed by atoms with E-state index in [0.717, 1.165) is 39.7 Å². The molecule has 0 spiro atoms. The Hall–Kier alpha value is -0.660. The van der Waals surface area contributed by atoms with Gasteiger partial charge in [0.1, 0.15) is 9.88 Å². The molecule has 0 radical (unpaired) electrons. The lowest BCUT2D eigenvalue weighted by Crippen LogP contribution is -2.39. The quantitative estimate of drug-likeness (QED) is 0.827. The number of hydrogen-bond donors (Lipinski definition) is 2. The molecule has 3 N–H and O–H groups in total. The van der Waals surface area contributed by atoms with E-state index < -0.39 is 0 Å². The average molecular weight is 394 g/mol. The normalized spacial score (nSPS) is 19.7. The van der Waals surface area contributed by atoms with Crippen LogP contribution in [0.15, 0.2) is 17.5 Å². The maximum Gasteiger partial charge on any atom is 0.263 e. The van der Waals surface area contributed by atoms with Crippen LogP contribution in [-0.2, 0) is 0 Å². The van der Waals surface area contributed by atoms with Crippen molar-refractivity contribution in [3.8, 4) is 9.88 Å². The average Bonchev–Trinajstić information content (AvgIpc) is 3.17. The highest BCUT2D eigenvalue weighted by molar-refractivity contribution is 7.22. The Kier molecular flexibility index (Phi) is 7.97. The first-order chi connectivity index (χ1) is 10.2. The number of hydrogen-bond acceptors (Lipinski definition) is 5. The van der Waals surface area contributed by atoms with Crippen LogP contribution < -0.4 is 11.1 Å². The van der Waals surface area contributed by atoms with Crippen molar-refractivity contribution >= 4 is 53.4 Å². The number of aryl methyl sites for hydroxylation is 1. The number of carbonyl (C=O) groups is 1. The van der Waals surface area contributed by atoms with Gasteiger partial charge in [-0.2, -0.15) is 0 Å². The molecule has 1 aliphatic rings. The number of nitrogens with one attached hydrogen (secondary N) is 1. The predicted octanol–water partition coefficient (Wildman–Crippen LogP) is 3.88. The molecule has 128 valence electrons. The SMILES string of the molecule is Cc1nc(-c2cccs2)sc1C(=O)NC1CCCC1CN.Cl.Cl. The van der Waals surface area contributed by atoms with E-state index in [9.17, 15) is 4.79 Å². The third-order valence-corrected chi connectivity index (χ3v) is 6.21. The number of carbonyl (C=O) groups excluding carboxylic acids is 1. The lowest BCUT2D eigenvalue weighted by Gasteiger charge is -2.19. The summed E-state index contributed by atoms with van der Waals surface area (Å²) in [7, 11) is 0. The second kappa shape index (κ2) is 8.99. The Morgan fingerprint density at radius 3 is 2.87 bits per heavy atom. The summed E-state index contributed by atoms with van der Waals surface area (Å²) in [5.74, 6) is 0.414. The van der Waals surface area contributed by atoms with Gasteiger partial charge in [0.25, 0.3) is 5.91 Å². The zero-order valence-electron chi connectivity index (χ0n) is 12.8. The predicted molar refractivity (Wildman–Crippen MR) is 102 cm³/mol. The fourth-order valence-corrected chi connectivity index (χ4v) is 4.62. The highest BCUT2D eigenvalue weighted by Crippen LogP contribution is 2.31. The van der Waals surface area contributed by atoms with Crippen molar-refractivity contribution in [1.82, 2.24) is 10.3 Å². The van der Waals surface area contributed by atoms with E-state index in [4.69, 9.17) is 5.73 Å². The van der Waals surface area contributed by atoms with E-state index in [1.165, 1.54) is 11.3 Å². The summed E-state index contributed by atoms with van der Waals surface area (Å²) < 4.78 is 0. The summed E-state index contributed by atoms with van der Waals surface area (Å²) in [6.07, 6.45) is 3.29. The number of nitrogens with zero attached hydrogens (tertiary/aromatic N) is 1. The van der Waals surface area contributed by atoms with Gasteiger partial charge in [-0.1, -0.05) is 12.5 Å². The van der Waals surface area contributed by atoms with Gasteiger partial charge in [0.05, 0.1) is 10.6 Å². The fraction of sp³-hybridized carbons (Fsp3) is 0.467. The van der Waals surface area contributed by atoms with Crippen LogP contribution in [0.1, 0.15) is 34.6 Å². The molecule has 4 nitrogen and oxygen atoms in total. The van der Waals surface area contributed by atoms with Crippen LogP contribution in [-0.4, -0.2) is 23.5 Å². The number of aromatic nitrogens is 1. The number of halogens is 2. The lowest BCUT2D eigenvalue weighted by atomic mass is 10.0. The summed E-state index contributed by atoms with van der Waals surface area (Å²) in [5.41, 5.74) is 6.59. The Morgan fingerprint density at radius 2 is 2.22 bits per heavy atom. The van der Waals surface area contributed by atoms with Gasteiger partial charge < -0.3 is 11.1 Å². The second-order valence-electron chi connectivity index (χ2n) is 5.42. The molecular formula is C15H21Cl2N3OS2. The number of thiophene rings is 1. The van der Waals surface area contributed by atoms with Crippen LogP contribution in [0.4, 0.5) is 0 Å². The van der Waals surface area contributed by atoms with Gasteiger partial charge in [-0.05, 0) is 43.7 Å². The van der Waals surface area contributed by atoms with E-state index in [1.54, 1.807) is 11.3 Å². The number of nitrogens with two attached hydrogens (primary N) is 1. The molecule has 2 atom stereocenters. The van der Waals surface area contributed by atoms with E-state index in [1.807, 2.05) is 24.4 Å². The van der Waals surface area contributed by atoms with Gasteiger partial charge in [0.15, 0.2) is 0 Å². The van der Waals surface area contributed by atoms with E-state index in [2.05, 4.69) is 10.3 Å². The molecule has 1 saturated carbocycles. The van der Waals surface area contributed by atoms with Gasteiger partial charge in [-0.25, -0.2) is 4.98 Å². The molecule has 2 unspecified atom stereocenters. The van der Waals surface area contributed by atoms with Crippen LogP contribution in [0.3, 0.4) is 0 Å². The summed E-state index contributed by atoms with van der Waals surface area (Å²) in [6, 6.07) is 4.25. The van der Waals surface area contributed by atoms with Crippen molar-refractivity contribution in [2.24, 2.45) is 11.7 Å². The zero-order valence-corrected chi connectivity index (χ0v) is 16.0. The minimum atomic E-state index is -0.00171. The third-order valence-electron chi connectivity index (χ3n) is 4.01. The van der Waals surface area contributed by atoms with Gasteiger partial charge in [0.2, 0.25) is 0 Å². The zero-order chi connectivity index (χ0) is 14.8. The van der Waals surface area contributed by atoms with Gasteiger partial charge in [0, 0.05) is 6.04 Å². The lowest BCUT2D eigenvalue weighted by molar-refractivity contribution is 0.0932. The third kappa shape index (κ3) is 4.45. The molecule has 0 saturated heterocycles. The molecular weight excluding hydrogens is 373 g/mol. The summed E-state index contributed by atoms with van der Waals surface area (Å²) in [4.78, 5) is 18.9. The molecule has 0 bridgehead atoms. The molecule has 2 aromatic rings. The van der Waals surface area contributed by atoms with Gasteiger partial charge >= 0.3 is 0 Å². The van der Waals surface area contributed by atoms with Crippen LogP contribution in [0.2, 0.25) is 0 Å². The van der Waals surface area contributed by atoms with Gasteiger partial charge in [-0.15, -0.1) is 47.5 Å². The van der Waals surface area contributed by atoms with Crippen molar-refractivity contribution in [1.29, 1.82) is 0 Å². The fourth-order valence-electron chi connectivity index (χ4n) is 2.86. The Morgan fingerprint density at radius 1 is 1.43 bits per heavy atom. The second-order valence-corrected chi connectivity index (χ2v) is 7.36. The molecule has 3 rings (SSSR count). The van der Waals surface area contributed by atoms with E-state index >= 15 is 0 Å². The monoisotopic (exact) mass is 393 g/mol. The largest absolute Gasteiger partial charge is 0.348 e. The minimum absolute atomic E-state index is 0. The van der Waals surface area contributed by atoms with Crippen molar-refractivity contribution in [2.75, 3.05) is 6.54 Å². The smallest absolute Gasteiger partial charge is 0.263 e. The summed E-state index contributed by atoms with van der Waals surface area (Å²) in [6.45, 7) is 2.55. The molecule has 2 aromatic heterocycles. The van der Waals surface area contributed by atoms with E-state index in [0.29, 0.717) is 12.5 Å². The number of amides is 1. The van der Waals surface area contributed by atoms with Crippen molar-refractivity contribution in [2.45, 2.75) is 32.2 Å². The number of thiazole rings is 1. The van der Waals surface area contributed by atoms with Crippen LogP contribution in [0.5, 0.6) is 0 Å². The Labute approximate surface area is 156 Å². The molecule has 8 heteroatoms. The first kappa shape index (κ1) is 20.4. The molecule has 1 aliphatic carbocycles. The maximum atomic E-state index is 12.5. The minimum Gasteiger partial charge on any atom is -0.348 e. The standard InChI is InChI=1S/C15H19N3OS2.2ClH/c1-9-13(21-15(17-9)12-6-3-7-20-12)14(19)18-11-5-2-4-10(11)8-16;;/h3,6-7,10-11H,2,4-5,8,16H2,1H3,(H,18,19);2*1H. The summed E-state index contributed by atoms with van der Waals surface area (Å²) in [5, 5.41) is 6.10.